The third-order valence-corrected chi connectivity index (χ3v) is 10.5. The normalized spacial score (nSPS) is 28.3. The van der Waals surface area contributed by atoms with Gasteiger partial charge in [-0.15, -0.1) is 18.3 Å². The van der Waals surface area contributed by atoms with Crippen molar-refractivity contribution in [2.24, 2.45) is 17.8 Å². The first-order valence-electron chi connectivity index (χ1n) is 16.4. The molecule has 248 valence electrons. The van der Waals surface area contributed by atoms with Gasteiger partial charge in [0.25, 0.3) is 0 Å². The standard InChI is InChI=1S/C36H44N6O5/c1-6-18-39(19-7-2)32(44)29-30-33(45)42(28(22-43)25-14-10-9-11-15-25)31(36(30)21-24(4)35(29,5)47-36)34(46)40(20-8-3)23-41-27-17-13-12-16-26(27)37-38-41/h6,8-17,24,28-31,43H,1,3,7,18-23H2,2,4-5H3/t24?,28-,29+,30+,31?,35-,36?/m1/s1. The van der Waals surface area contributed by atoms with Crippen LogP contribution in [0.25, 0.3) is 11.0 Å². The van der Waals surface area contributed by atoms with E-state index in [1.807, 2.05) is 75.4 Å². The highest BCUT2D eigenvalue weighted by Gasteiger charge is 2.80. The molecule has 47 heavy (non-hydrogen) atoms. The fourth-order valence-corrected chi connectivity index (χ4v) is 8.34. The summed E-state index contributed by atoms with van der Waals surface area (Å²) in [6, 6.07) is 14.7. The molecule has 3 aromatic rings. The third kappa shape index (κ3) is 5.07. The average molecular weight is 641 g/mol. The summed E-state index contributed by atoms with van der Waals surface area (Å²) in [7, 11) is 0. The number of nitrogens with zero attached hydrogens (tertiary/aromatic N) is 6. The van der Waals surface area contributed by atoms with Crippen LogP contribution in [-0.4, -0.2) is 96.0 Å². The fraction of sp³-hybridized carbons (Fsp3) is 0.472. The number of fused-ring (bicyclic) bond motifs is 2. The summed E-state index contributed by atoms with van der Waals surface area (Å²) in [4.78, 5) is 49.4. The molecule has 3 saturated heterocycles. The number of amides is 3. The van der Waals surface area contributed by atoms with Crippen LogP contribution in [0.15, 0.2) is 79.9 Å². The Bertz CT molecular complexity index is 1680. The van der Waals surface area contributed by atoms with E-state index in [9.17, 15) is 14.7 Å². The smallest absolute Gasteiger partial charge is 0.250 e. The molecule has 7 atom stereocenters. The van der Waals surface area contributed by atoms with Crippen molar-refractivity contribution in [2.45, 2.75) is 63.6 Å². The van der Waals surface area contributed by atoms with Gasteiger partial charge in [0.05, 0.1) is 35.6 Å². The summed E-state index contributed by atoms with van der Waals surface area (Å²) >= 11 is 0. The quantitative estimate of drug-likeness (QED) is 0.284. The highest BCUT2D eigenvalue weighted by atomic mass is 16.5. The topological polar surface area (TPSA) is 121 Å². The van der Waals surface area contributed by atoms with Crippen LogP contribution >= 0.6 is 0 Å². The zero-order valence-corrected chi connectivity index (χ0v) is 27.4. The number of likely N-dealkylation sites (tertiary alicyclic amines) is 1. The van der Waals surface area contributed by atoms with Crippen LogP contribution in [0.4, 0.5) is 0 Å². The Morgan fingerprint density at radius 1 is 1.09 bits per heavy atom. The van der Waals surface area contributed by atoms with Crippen molar-refractivity contribution in [1.82, 2.24) is 29.7 Å². The summed E-state index contributed by atoms with van der Waals surface area (Å²) in [5, 5.41) is 19.4. The molecule has 0 radical (unpaired) electrons. The van der Waals surface area contributed by atoms with Gasteiger partial charge in [-0.2, -0.15) is 0 Å². The molecule has 3 unspecified atom stereocenters. The maximum absolute atomic E-state index is 15.1. The van der Waals surface area contributed by atoms with E-state index < -0.39 is 41.7 Å². The van der Waals surface area contributed by atoms with Gasteiger partial charge in [0.1, 0.15) is 23.8 Å². The van der Waals surface area contributed by atoms with Crippen LogP contribution in [-0.2, 0) is 25.8 Å². The Morgan fingerprint density at radius 2 is 1.77 bits per heavy atom. The summed E-state index contributed by atoms with van der Waals surface area (Å²) in [6.07, 6.45) is 4.48. The van der Waals surface area contributed by atoms with Gasteiger partial charge in [-0.1, -0.05) is 73.7 Å². The van der Waals surface area contributed by atoms with Gasteiger partial charge in [-0.3, -0.25) is 14.4 Å². The molecule has 2 bridgehead atoms. The first-order valence-corrected chi connectivity index (χ1v) is 16.4. The molecule has 3 amide bonds. The summed E-state index contributed by atoms with van der Waals surface area (Å²) in [5.41, 5.74) is -0.129. The molecule has 2 aromatic carbocycles. The van der Waals surface area contributed by atoms with Crippen LogP contribution in [0.3, 0.4) is 0 Å². The average Bonchev–Trinajstić information content (AvgIpc) is 3.74. The van der Waals surface area contributed by atoms with Crippen molar-refractivity contribution in [3.63, 3.8) is 0 Å². The number of aromatic nitrogens is 3. The van der Waals surface area contributed by atoms with Crippen LogP contribution < -0.4 is 0 Å². The van der Waals surface area contributed by atoms with Gasteiger partial charge in [0.15, 0.2) is 0 Å². The van der Waals surface area contributed by atoms with E-state index in [0.717, 1.165) is 11.9 Å². The number of hydrogen-bond acceptors (Lipinski definition) is 7. The van der Waals surface area contributed by atoms with Crippen molar-refractivity contribution in [3.8, 4) is 0 Å². The Morgan fingerprint density at radius 3 is 2.45 bits per heavy atom. The molecule has 1 N–H and O–H groups in total. The predicted octanol–water partition coefficient (Wildman–Crippen LogP) is 3.57. The Labute approximate surface area is 275 Å². The monoisotopic (exact) mass is 640 g/mol. The van der Waals surface area contributed by atoms with E-state index in [0.29, 0.717) is 30.6 Å². The third-order valence-electron chi connectivity index (χ3n) is 10.5. The maximum atomic E-state index is 15.1. The highest BCUT2D eigenvalue weighted by Crippen LogP contribution is 2.66. The minimum atomic E-state index is -1.29. The van der Waals surface area contributed by atoms with E-state index in [1.54, 1.807) is 26.6 Å². The lowest BCUT2D eigenvalue weighted by Gasteiger charge is -2.39. The van der Waals surface area contributed by atoms with E-state index >= 15 is 4.79 Å². The van der Waals surface area contributed by atoms with Crippen molar-refractivity contribution in [3.05, 3.63) is 85.5 Å². The molecule has 1 spiro atoms. The van der Waals surface area contributed by atoms with Crippen molar-refractivity contribution >= 4 is 28.8 Å². The number of aliphatic hydroxyl groups is 1. The number of carbonyl (C=O) groups is 3. The molecule has 11 heteroatoms. The Balaban J connectivity index is 1.48. The summed E-state index contributed by atoms with van der Waals surface area (Å²) in [6.45, 7) is 14.4. The molecule has 4 heterocycles. The van der Waals surface area contributed by atoms with Crippen molar-refractivity contribution in [1.29, 1.82) is 0 Å². The number of carbonyl (C=O) groups excluding carboxylic acids is 3. The van der Waals surface area contributed by atoms with E-state index in [4.69, 9.17) is 4.74 Å². The van der Waals surface area contributed by atoms with Crippen molar-refractivity contribution < 1.29 is 24.2 Å². The molecule has 6 rings (SSSR count). The molecular formula is C36H44N6O5. The van der Waals surface area contributed by atoms with Gasteiger partial charge in [-0.25, -0.2) is 4.68 Å². The number of hydrogen-bond donors (Lipinski definition) is 1. The minimum Gasteiger partial charge on any atom is -0.394 e. The maximum Gasteiger partial charge on any atom is 0.250 e. The number of ether oxygens (including phenoxy) is 1. The fourth-order valence-electron chi connectivity index (χ4n) is 8.34. The predicted molar refractivity (Wildman–Crippen MR) is 176 cm³/mol. The zero-order chi connectivity index (χ0) is 33.5. The Hall–Kier alpha value is -4.35. The van der Waals surface area contributed by atoms with Gasteiger partial charge in [0, 0.05) is 19.6 Å². The van der Waals surface area contributed by atoms with E-state index in [-0.39, 0.29) is 36.9 Å². The molecule has 0 aliphatic carbocycles. The van der Waals surface area contributed by atoms with Gasteiger partial charge < -0.3 is 24.5 Å². The van der Waals surface area contributed by atoms with Crippen LogP contribution in [0.2, 0.25) is 0 Å². The molecule has 3 fully saturated rings. The van der Waals surface area contributed by atoms with E-state index in [1.165, 1.54) is 4.90 Å². The number of aliphatic hydroxyl groups excluding tert-OH is 1. The zero-order valence-electron chi connectivity index (χ0n) is 27.4. The second kappa shape index (κ2) is 12.7. The second-order valence-corrected chi connectivity index (χ2v) is 13.2. The first-order chi connectivity index (χ1) is 22.7. The van der Waals surface area contributed by atoms with Gasteiger partial charge in [-0.05, 0) is 43.4 Å². The van der Waals surface area contributed by atoms with Crippen LogP contribution in [0.5, 0.6) is 0 Å². The van der Waals surface area contributed by atoms with Crippen molar-refractivity contribution in [2.75, 3.05) is 26.2 Å². The largest absolute Gasteiger partial charge is 0.394 e. The number of benzene rings is 2. The van der Waals surface area contributed by atoms with Crippen LogP contribution in [0.1, 0.15) is 45.2 Å². The molecular weight excluding hydrogens is 596 g/mol. The Kier molecular flexibility index (Phi) is 8.80. The highest BCUT2D eigenvalue weighted by molar-refractivity contribution is 5.99. The second-order valence-electron chi connectivity index (χ2n) is 13.2. The van der Waals surface area contributed by atoms with Crippen LogP contribution in [0, 0.1) is 17.8 Å². The SMILES string of the molecule is C=CCN(Cn1nnc2ccccc21)C(=O)C1N([C@H](CO)c2ccccc2)C(=O)[C@@H]2[C@@H](C(=O)N(CC=C)CCC)[C@]3(C)OC12CC3C. The van der Waals surface area contributed by atoms with E-state index in [2.05, 4.69) is 23.5 Å². The molecule has 0 saturated carbocycles. The summed E-state index contributed by atoms with van der Waals surface area (Å²) < 4.78 is 8.64. The lowest BCUT2D eigenvalue weighted by molar-refractivity contribution is -0.158. The molecule has 1 aromatic heterocycles. The minimum absolute atomic E-state index is 0.0541. The number of rotatable bonds is 13. The van der Waals surface area contributed by atoms with Gasteiger partial charge >= 0.3 is 0 Å². The lowest BCUT2D eigenvalue weighted by atomic mass is 9.62. The summed E-state index contributed by atoms with van der Waals surface area (Å²) in [5.74, 6) is -2.75. The number of para-hydroxylation sites is 1. The lowest BCUT2D eigenvalue weighted by Crippen LogP contribution is -2.57. The molecule has 11 nitrogen and oxygen atoms in total. The molecule has 3 aliphatic heterocycles. The first kappa shape index (κ1) is 32.6. The van der Waals surface area contributed by atoms with Gasteiger partial charge in [0.2, 0.25) is 17.7 Å². The molecule has 3 aliphatic rings.